The van der Waals surface area contributed by atoms with Gasteiger partial charge in [0.1, 0.15) is 0 Å². The van der Waals surface area contributed by atoms with E-state index < -0.39 is 0 Å². The van der Waals surface area contributed by atoms with Gasteiger partial charge in [0, 0.05) is 33.5 Å². The Balaban J connectivity index is 1.09. The molecule has 1 atom stereocenters. The number of aromatic nitrogens is 1. The molecule has 0 bridgehead atoms. The molecule has 10 aromatic rings. The van der Waals surface area contributed by atoms with E-state index in [9.17, 15) is 0 Å². The quantitative estimate of drug-likeness (QED) is 0.157. The molecule has 9 aromatic carbocycles. The summed E-state index contributed by atoms with van der Waals surface area (Å²) in [6.07, 6.45) is 5.67. The lowest BCUT2D eigenvalue weighted by Crippen LogP contribution is -2.10. The molecule has 0 amide bonds. The topological polar surface area (TPSA) is 8.17 Å². The van der Waals surface area contributed by atoms with Crippen molar-refractivity contribution in [2.24, 2.45) is 0 Å². The van der Waals surface area contributed by atoms with Gasteiger partial charge in [-0.15, -0.1) is 0 Å². The van der Waals surface area contributed by atoms with Gasteiger partial charge >= 0.3 is 0 Å². The maximum absolute atomic E-state index is 2.51. The summed E-state index contributed by atoms with van der Waals surface area (Å²) >= 11 is 0. The van der Waals surface area contributed by atoms with Gasteiger partial charge in [-0.05, 0) is 122 Å². The van der Waals surface area contributed by atoms with Crippen molar-refractivity contribution in [1.82, 2.24) is 4.57 Å². The molecule has 0 N–H and O–H groups in total. The monoisotopic (exact) mass is 754 g/mol. The third-order valence-corrected chi connectivity index (χ3v) is 12.2. The minimum atomic E-state index is 0.422. The van der Waals surface area contributed by atoms with Crippen molar-refractivity contribution in [2.75, 3.05) is 4.90 Å². The Morgan fingerprint density at radius 2 is 1.10 bits per heavy atom. The zero-order chi connectivity index (χ0) is 39.3. The minimum Gasteiger partial charge on any atom is -0.310 e. The Hall–Kier alpha value is -7.42. The Morgan fingerprint density at radius 3 is 1.90 bits per heavy atom. The highest BCUT2D eigenvalue weighted by atomic mass is 15.1. The van der Waals surface area contributed by atoms with Crippen molar-refractivity contribution >= 4 is 55.7 Å². The molecule has 1 unspecified atom stereocenters. The fourth-order valence-corrected chi connectivity index (χ4v) is 9.43. The Labute approximate surface area is 345 Å². The summed E-state index contributed by atoms with van der Waals surface area (Å²) in [6, 6.07) is 75.4. The zero-order valence-corrected chi connectivity index (χ0v) is 33.0. The molecule has 1 aliphatic carbocycles. The number of benzene rings is 9. The van der Waals surface area contributed by atoms with Gasteiger partial charge in [0.15, 0.2) is 0 Å². The van der Waals surface area contributed by atoms with Gasteiger partial charge in [0.2, 0.25) is 0 Å². The number of hydrogen-bond acceptors (Lipinski definition) is 1. The number of rotatable bonds is 7. The zero-order valence-electron chi connectivity index (χ0n) is 33.0. The number of nitrogens with zero attached hydrogens (tertiary/aromatic N) is 2. The Morgan fingerprint density at radius 1 is 0.475 bits per heavy atom. The SMILES string of the molecule is CC1CC=Cc2ccc3c4c(-c5cccc(N(c6ccc(-c7ccccc7-c7ccccc7)cc6)c6ccc7ccccc7c6)c5)cccc4n(-c4ccccc4)c3c21. The average Bonchev–Trinajstić information content (AvgIpc) is 3.65. The minimum absolute atomic E-state index is 0.422. The maximum Gasteiger partial charge on any atom is 0.0582 e. The molecule has 2 heteroatoms. The number of allylic oxidation sites excluding steroid dienone is 1. The van der Waals surface area contributed by atoms with Crippen LogP contribution in [0.25, 0.3) is 77.7 Å². The van der Waals surface area contributed by atoms with Crippen molar-refractivity contribution in [3.63, 3.8) is 0 Å². The summed E-state index contributed by atoms with van der Waals surface area (Å²) in [7, 11) is 0. The largest absolute Gasteiger partial charge is 0.310 e. The fourth-order valence-electron chi connectivity index (χ4n) is 9.43. The summed E-state index contributed by atoms with van der Waals surface area (Å²) in [5.74, 6) is 0.422. The summed E-state index contributed by atoms with van der Waals surface area (Å²) in [4.78, 5) is 2.40. The molecular weight excluding hydrogens is 713 g/mol. The molecule has 1 aromatic heterocycles. The van der Waals surface area contributed by atoms with Gasteiger partial charge in [0.05, 0.1) is 11.0 Å². The highest BCUT2D eigenvalue weighted by molar-refractivity contribution is 6.17. The lowest BCUT2D eigenvalue weighted by atomic mass is 9.86. The number of hydrogen-bond donors (Lipinski definition) is 0. The third-order valence-electron chi connectivity index (χ3n) is 12.2. The van der Waals surface area contributed by atoms with Crippen LogP contribution >= 0.6 is 0 Å². The first-order valence-electron chi connectivity index (χ1n) is 20.7. The van der Waals surface area contributed by atoms with Gasteiger partial charge in [-0.1, -0.05) is 171 Å². The van der Waals surface area contributed by atoms with Gasteiger partial charge in [-0.2, -0.15) is 0 Å². The standard InChI is InChI=1S/C57H42N2/c1-39-15-12-20-43-32-36-53-56-52(27-14-28-54(56)59(57(53)55(39)43)46-22-6-3-7-23-46)45-21-13-24-48(38-45)58(49-35-29-40-16-8-9-19-44(40)37-49)47-33-30-42(31-34-47)51-26-11-10-25-50(51)41-17-4-2-5-18-41/h2-14,16-39H,15H2,1H3. The molecule has 0 spiro atoms. The van der Waals surface area contributed by atoms with Crippen molar-refractivity contribution in [3.05, 3.63) is 223 Å². The highest BCUT2D eigenvalue weighted by Gasteiger charge is 2.24. The van der Waals surface area contributed by atoms with Crippen LogP contribution < -0.4 is 4.90 Å². The summed E-state index contributed by atoms with van der Waals surface area (Å²) in [5.41, 5.74) is 17.1. The highest BCUT2D eigenvalue weighted by Crippen LogP contribution is 2.46. The van der Waals surface area contributed by atoms with E-state index in [4.69, 9.17) is 0 Å². The molecule has 0 saturated heterocycles. The lowest BCUT2D eigenvalue weighted by molar-refractivity contribution is 0.775. The molecule has 2 nitrogen and oxygen atoms in total. The van der Waals surface area contributed by atoms with E-state index in [1.165, 1.54) is 82.8 Å². The second-order valence-corrected chi connectivity index (χ2v) is 15.8. The van der Waals surface area contributed by atoms with Crippen molar-refractivity contribution in [2.45, 2.75) is 19.3 Å². The van der Waals surface area contributed by atoms with Crippen LogP contribution in [0.2, 0.25) is 0 Å². The fraction of sp³-hybridized carbons (Fsp3) is 0.0526. The Bertz CT molecular complexity index is 3190. The van der Waals surface area contributed by atoms with E-state index in [0.29, 0.717) is 5.92 Å². The second kappa shape index (κ2) is 14.5. The van der Waals surface area contributed by atoms with E-state index in [0.717, 1.165) is 23.5 Å². The van der Waals surface area contributed by atoms with Gasteiger partial charge in [0.25, 0.3) is 0 Å². The predicted octanol–water partition coefficient (Wildman–Crippen LogP) is 15.9. The van der Waals surface area contributed by atoms with Crippen LogP contribution in [0.4, 0.5) is 17.1 Å². The summed E-state index contributed by atoms with van der Waals surface area (Å²) in [5, 5.41) is 5.02. The van der Waals surface area contributed by atoms with Gasteiger partial charge in [-0.25, -0.2) is 0 Å². The van der Waals surface area contributed by atoms with Crippen LogP contribution in [0.3, 0.4) is 0 Å². The van der Waals surface area contributed by atoms with Crippen LogP contribution in [-0.2, 0) is 0 Å². The predicted molar refractivity (Wildman–Crippen MR) is 251 cm³/mol. The normalized spacial score (nSPS) is 13.5. The van der Waals surface area contributed by atoms with E-state index in [-0.39, 0.29) is 0 Å². The number of para-hydroxylation sites is 1. The van der Waals surface area contributed by atoms with Crippen LogP contribution in [0.15, 0.2) is 212 Å². The number of anilines is 3. The van der Waals surface area contributed by atoms with Gasteiger partial charge in [-0.3, -0.25) is 0 Å². The van der Waals surface area contributed by atoms with Crippen LogP contribution in [0.5, 0.6) is 0 Å². The molecule has 0 fully saturated rings. The molecule has 280 valence electrons. The first kappa shape index (κ1) is 34.8. The van der Waals surface area contributed by atoms with Crippen molar-refractivity contribution in [3.8, 4) is 39.1 Å². The molecule has 1 heterocycles. The first-order valence-corrected chi connectivity index (χ1v) is 20.7. The molecule has 1 aliphatic rings. The maximum atomic E-state index is 2.51. The average molecular weight is 755 g/mol. The van der Waals surface area contributed by atoms with Gasteiger partial charge < -0.3 is 9.47 Å². The van der Waals surface area contributed by atoms with Crippen molar-refractivity contribution < 1.29 is 0 Å². The first-order chi connectivity index (χ1) is 29.2. The van der Waals surface area contributed by atoms with Crippen LogP contribution in [0.1, 0.15) is 30.4 Å². The molecule has 59 heavy (non-hydrogen) atoms. The molecular formula is C57H42N2. The third kappa shape index (κ3) is 6.04. The van der Waals surface area contributed by atoms with E-state index in [1.54, 1.807) is 0 Å². The second-order valence-electron chi connectivity index (χ2n) is 15.8. The smallest absolute Gasteiger partial charge is 0.0582 e. The van der Waals surface area contributed by atoms with Crippen molar-refractivity contribution in [1.29, 1.82) is 0 Å². The Kier molecular flexibility index (Phi) is 8.56. The van der Waals surface area contributed by atoms with E-state index >= 15 is 0 Å². The molecule has 0 aliphatic heterocycles. The lowest BCUT2D eigenvalue weighted by Gasteiger charge is -2.27. The molecule has 11 rings (SSSR count). The number of fused-ring (bicyclic) bond motifs is 6. The summed E-state index contributed by atoms with van der Waals surface area (Å²) < 4.78 is 2.51. The van der Waals surface area contributed by atoms with Crippen LogP contribution in [0, 0.1) is 0 Å². The van der Waals surface area contributed by atoms with E-state index in [1.807, 2.05) is 0 Å². The molecule has 0 radical (unpaired) electrons. The molecule has 0 saturated carbocycles. The van der Waals surface area contributed by atoms with Crippen LogP contribution in [-0.4, -0.2) is 4.57 Å². The van der Waals surface area contributed by atoms with E-state index in [2.05, 4.69) is 235 Å². The summed E-state index contributed by atoms with van der Waals surface area (Å²) in [6.45, 7) is 2.37.